The van der Waals surface area contributed by atoms with Gasteiger partial charge in [0.1, 0.15) is 0 Å². The first-order valence-corrected chi connectivity index (χ1v) is 6.93. The lowest BCUT2D eigenvalue weighted by Gasteiger charge is -2.11. The minimum atomic E-state index is -0.463. The molecule has 2 rings (SSSR count). The largest absolute Gasteiger partial charge is 0.459 e. The number of thioether (sulfide) groups is 1. The Kier molecular flexibility index (Phi) is 4.30. The lowest BCUT2D eigenvalue weighted by molar-refractivity contribution is 0.0925. The molecule has 0 unspecified atom stereocenters. The Morgan fingerprint density at radius 2 is 2.30 bits per heavy atom. The van der Waals surface area contributed by atoms with Crippen molar-refractivity contribution in [2.45, 2.75) is 30.8 Å². The lowest BCUT2D eigenvalue weighted by atomic mass is 10.3. The molecule has 9 heteroatoms. The van der Waals surface area contributed by atoms with Crippen LogP contribution in [0.2, 0.25) is 0 Å². The van der Waals surface area contributed by atoms with E-state index < -0.39 is 5.91 Å². The van der Waals surface area contributed by atoms with Crippen LogP contribution in [0, 0.1) is 0 Å². The highest BCUT2D eigenvalue weighted by molar-refractivity contribution is 7.98. The van der Waals surface area contributed by atoms with E-state index in [1.165, 1.54) is 18.0 Å². The Balaban J connectivity index is 2.14. The molecule has 5 N–H and O–H groups in total. The van der Waals surface area contributed by atoms with Gasteiger partial charge in [0.05, 0.1) is 6.26 Å². The maximum Gasteiger partial charge on any atom is 0.301 e. The van der Waals surface area contributed by atoms with Crippen LogP contribution in [0.25, 0.3) is 0 Å². The number of anilines is 1. The molecule has 20 heavy (non-hydrogen) atoms. The maximum absolute atomic E-state index is 11.5. The van der Waals surface area contributed by atoms with Gasteiger partial charge in [-0.15, -0.1) is 10.2 Å². The zero-order valence-corrected chi connectivity index (χ0v) is 12.0. The molecule has 0 bridgehead atoms. The second kappa shape index (κ2) is 5.97. The van der Waals surface area contributed by atoms with Crippen molar-refractivity contribution in [3.63, 3.8) is 0 Å². The molecule has 108 valence electrons. The molecule has 0 saturated heterocycles. The quantitative estimate of drug-likeness (QED) is 0.324. The summed E-state index contributed by atoms with van der Waals surface area (Å²) in [6.45, 7) is 3.99. The number of aromatic nitrogens is 3. The van der Waals surface area contributed by atoms with Crippen molar-refractivity contribution < 1.29 is 9.21 Å². The molecule has 8 nitrogen and oxygen atoms in total. The first kappa shape index (κ1) is 14.4. The van der Waals surface area contributed by atoms with Crippen molar-refractivity contribution in [3.8, 4) is 0 Å². The van der Waals surface area contributed by atoms with Crippen LogP contribution in [0.5, 0.6) is 0 Å². The van der Waals surface area contributed by atoms with Gasteiger partial charge in [-0.1, -0.05) is 11.8 Å². The average molecular weight is 296 g/mol. The minimum Gasteiger partial charge on any atom is -0.459 e. The van der Waals surface area contributed by atoms with Crippen molar-refractivity contribution in [2.24, 2.45) is 5.84 Å². The Morgan fingerprint density at radius 3 is 2.95 bits per heavy atom. The molecule has 0 aliphatic heterocycles. The van der Waals surface area contributed by atoms with E-state index in [0.717, 1.165) is 5.56 Å². The van der Waals surface area contributed by atoms with Crippen molar-refractivity contribution in [2.75, 3.05) is 5.73 Å². The summed E-state index contributed by atoms with van der Waals surface area (Å²) in [5, 5.41) is 8.58. The predicted octanol–water partition coefficient (Wildman–Crippen LogP) is 0.930. The number of nitrogens with one attached hydrogen (secondary N) is 1. The lowest BCUT2D eigenvalue weighted by Crippen LogP contribution is -2.30. The molecule has 0 aromatic carbocycles. The van der Waals surface area contributed by atoms with Crippen molar-refractivity contribution in [1.29, 1.82) is 0 Å². The van der Waals surface area contributed by atoms with Crippen LogP contribution >= 0.6 is 11.8 Å². The molecule has 2 aromatic heterocycles. The molecule has 0 spiro atoms. The second-order valence-electron chi connectivity index (χ2n) is 4.34. The molecule has 0 saturated carbocycles. The summed E-state index contributed by atoms with van der Waals surface area (Å²) < 4.78 is 6.94. The van der Waals surface area contributed by atoms with Gasteiger partial charge in [-0.25, -0.2) is 5.84 Å². The van der Waals surface area contributed by atoms with Crippen LogP contribution in [-0.4, -0.2) is 20.7 Å². The van der Waals surface area contributed by atoms with Gasteiger partial charge in [-0.05, 0) is 19.9 Å². The summed E-state index contributed by atoms with van der Waals surface area (Å²) in [4.78, 5) is 11.5. The van der Waals surface area contributed by atoms with E-state index in [9.17, 15) is 4.79 Å². The molecule has 0 atom stereocenters. The fourth-order valence-electron chi connectivity index (χ4n) is 1.73. The molecular weight excluding hydrogens is 280 g/mol. The fraction of sp³-hybridized carbons (Fsp3) is 0.364. The number of carbonyl (C=O) groups excluding carboxylic acids is 1. The number of amides is 1. The summed E-state index contributed by atoms with van der Waals surface area (Å²) in [5.74, 6) is 5.71. The Labute approximate surface area is 119 Å². The van der Waals surface area contributed by atoms with Gasteiger partial charge in [0.15, 0.2) is 10.9 Å². The van der Waals surface area contributed by atoms with Gasteiger partial charge in [-0.2, -0.15) is 0 Å². The standard InChI is InChI=1S/C11H16N6O2S/c1-6(2)17-10(12)15-16-11(17)20-5-7-3-4-19-8(7)9(18)14-13/h3-4,6H,5,13H2,1-2H3,(H2,12,15)(H,14,18). The van der Waals surface area contributed by atoms with Gasteiger partial charge in [0.25, 0.3) is 0 Å². The molecule has 0 aliphatic carbocycles. The van der Waals surface area contributed by atoms with Crippen LogP contribution in [0.4, 0.5) is 5.95 Å². The van der Waals surface area contributed by atoms with E-state index in [1.807, 2.05) is 23.8 Å². The second-order valence-corrected chi connectivity index (χ2v) is 5.28. The average Bonchev–Trinajstić information content (AvgIpc) is 3.01. The third-order valence-electron chi connectivity index (χ3n) is 2.65. The SMILES string of the molecule is CC(C)n1c(N)nnc1SCc1ccoc1C(=O)NN. The Hall–Kier alpha value is -2.00. The number of hydrazine groups is 1. The third kappa shape index (κ3) is 2.78. The summed E-state index contributed by atoms with van der Waals surface area (Å²) >= 11 is 1.42. The molecule has 0 fully saturated rings. The van der Waals surface area contributed by atoms with Gasteiger partial charge in [0.2, 0.25) is 5.95 Å². The zero-order valence-electron chi connectivity index (χ0n) is 11.2. The number of carbonyl (C=O) groups is 1. The number of nitrogens with two attached hydrogens (primary N) is 2. The summed E-state index contributed by atoms with van der Waals surface area (Å²) in [7, 11) is 0. The van der Waals surface area contributed by atoms with E-state index in [1.54, 1.807) is 6.07 Å². The molecule has 2 aromatic rings. The number of nitrogen functional groups attached to an aromatic ring is 2. The first-order chi connectivity index (χ1) is 9.54. The van der Waals surface area contributed by atoms with E-state index in [0.29, 0.717) is 16.9 Å². The number of nitrogens with zero attached hydrogens (tertiary/aromatic N) is 3. The summed E-state index contributed by atoms with van der Waals surface area (Å²) in [6, 6.07) is 1.88. The maximum atomic E-state index is 11.5. The monoisotopic (exact) mass is 296 g/mol. The normalized spacial score (nSPS) is 11.0. The molecule has 0 radical (unpaired) electrons. The third-order valence-corrected chi connectivity index (χ3v) is 3.64. The van der Waals surface area contributed by atoms with Gasteiger partial charge in [-0.3, -0.25) is 14.8 Å². The highest BCUT2D eigenvalue weighted by Gasteiger charge is 2.17. The number of hydrogen-bond donors (Lipinski definition) is 3. The number of rotatable bonds is 5. The van der Waals surface area contributed by atoms with Crippen LogP contribution in [0.3, 0.4) is 0 Å². The molecular formula is C11H16N6O2S. The van der Waals surface area contributed by atoms with Crippen LogP contribution in [0.1, 0.15) is 36.0 Å². The number of hydrogen-bond acceptors (Lipinski definition) is 7. The van der Waals surface area contributed by atoms with Crippen LogP contribution in [0.15, 0.2) is 21.9 Å². The Morgan fingerprint density at radius 1 is 1.55 bits per heavy atom. The summed E-state index contributed by atoms with van der Waals surface area (Å²) in [6.07, 6.45) is 1.45. The summed E-state index contributed by atoms with van der Waals surface area (Å²) in [5.41, 5.74) is 8.54. The van der Waals surface area contributed by atoms with E-state index >= 15 is 0 Å². The molecule has 0 aliphatic rings. The van der Waals surface area contributed by atoms with Gasteiger partial charge in [0, 0.05) is 17.4 Å². The highest BCUT2D eigenvalue weighted by Crippen LogP contribution is 2.27. The Bertz CT molecular complexity index is 606. The topological polar surface area (TPSA) is 125 Å². The van der Waals surface area contributed by atoms with Crippen molar-refractivity contribution in [3.05, 3.63) is 23.7 Å². The smallest absolute Gasteiger partial charge is 0.301 e. The molecule has 2 heterocycles. The zero-order chi connectivity index (χ0) is 14.7. The van der Waals surface area contributed by atoms with Gasteiger partial charge < -0.3 is 10.2 Å². The molecule has 1 amide bonds. The number of furan rings is 1. The first-order valence-electron chi connectivity index (χ1n) is 5.95. The fourth-order valence-corrected chi connectivity index (χ4v) is 2.78. The van der Waals surface area contributed by atoms with Crippen molar-refractivity contribution >= 4 is 23.6 Å². The van der Waals surface area contributed by atoms with Crippen LogP contribution in [-0.2, 0) is 5.75 Å². The van der Waals surface area contributed by atoms with E-state index in [2.05, 4.69) is 10.2 Å². The van der Waals surface area contributed by atoms with E-state index in [4.69, 9.17) is 16.0 Å². The van der Waals surface area contributed by atoms with Crippen molar-refractivity contribution in [1.82, 2.24) is 20.2 Å². The predicted molar refractivity (Wildman–Crippen MR) is 74.7 cm³/mol. The highest BCUT2D eigenvalue weighted by atomic mass is 32.2. The van der Waals surface area contributed by atoms with Gasteiger partial charge >= 0.3 is 5.91 Å². The van der Waals surface area contributed by atoms with Crippen LogP contribution < -0.4 is 17.0 Å². The minimum absolute atomic E-state index is 0.156. The van der Waals surface area contributed by atoms with E-state index in [-0.39, 0.29) is 11.8 Å².